The van der Waals surface area contributed by atoms with Crippen LogP contribution in [0.2, 0.25) is 10.0 Å². The molecule has 0 radical (unpaired) electrons. The van der Waals surface area contributed by atoms with Crippen LogP contribution in [0.15, 0.2) is 52.4 Å². The van der Waals surface area contributed by atoms with Gasteiger partial charge in [-0.3, -0.25) is 9.59 Å². The number of aromatic nitrogens is 2. The van der Waals surface area contributed by atoms with Gasteiger partial charge in [0.15, 0.2) is 5.69 Å². The number of halogens is 2. The Morgan fingerprint density at radius 3 is 2.62 bits per heavy atom. The highest BCUT2D eigenvalue weighted by Gasteiger charge is 2.23. The Labute approximate surface area is 174 Å². The lowest BCUT2D eigenvalue weighted by Gasteiger charge is -2.14. The van der Waals surface area contributed by atoms with E-state index in [1.807, 2.05) is 0 Å². The molecular formula is C19H13Cl2N5O3. The smallest absolute Gasteiger partial charge is 0.276 e. The topological polar surface area (TPSA) is 131 Å². The number of aromatic amines is 1. The predicted molar refractivity (Wildman–Crippen MR) is 109 cm³/mol. The summed E-state index contributed by atoms with van der Waals surface area (Å²) in [5.41, 5.74) is 2.31. The molecule has 2 aromatic carbocycles. The number of hydrogen-bond acceptors (Lipinski definition) is 6. The maximum atomic E-state index is 12.6. The number of amides is 1. The highest BCUT2D eigenvalue weighted by molar-refractivity contribution is 6.31. The summed E-state index contributed by atoms with van der Waals surface area (Å²) in [4.78, 5) is 31.2. The van der Waals surface area contributed by atoms with Crippen molar-refractivity contribution in [2.24, 2.45) is 5.10 Å². The molecule has 0 spiro atoms. The number of nitriles is 1. The first-order chi connectivity index (χ1) is 13.9. The molecule has 1 amide bonds. The standard InChI is InChI=1S/C19H13Cl2N5O3/c20-11-3-1-10(2-4-11)18(28)16(26-25-15(27)7-8-22)17-19(29)24-14-9-12(21)5-6-13(14)23-17/h1-6,9,18,28H,7H2,(H,24,29)(H,25,27)/b26-16-. The molecule has 1 heterocycles. The molecule has 0 aliphatic heterocycles. The summed E-state index contributed by atoms with van der Waals surface area (Å²) in [5, 5.41) is 24.2. The van der Waals surface area contributed by atoms with E-state index in [2.05, 4.69) is 20.5 Å². The lowest BCUT2D eigenvalue weighted by molar-refractivity contribution is -0.120. The zero-order valence-electron chi connectivity index (χ0n) is 14.7. The summed E-state index contributed by atoms with van der Waals surface area (Å²) in [6, 6.07) is 12.6. The molecule has 1 aromatic heterocycles. The van der Waals surface area contributed by atoms with Crippen molar-refractivity contribution in [2.45, 2.75) is 12.5 Å². The van der Waals surface area contributed by atoms with Gasteiger partial charge >= 0.3 is 0 Å². The average Bonchev–Trinajstić information content (AvgIpc) is 2.69. The second kappa shape index (κ2) is 8.84. The highest BCUT2D eigenvalue weighted by atomic mass is 35.5. The second-order valence-electron chi connectivity index (χ2n) is 5.90. The van der Waals surface area contributed by atoms with Gasteiger partial charge in [0.1, 0.15) is 18.2 Å². The molecule has 0 saturated heterocycles. The second-order valence-corrected chi connectivity index (χ2v) is 6.77. The molecule has 0 aliphatic rings. The van der Waals surface area contributed by atoms with E-state index in [9.17, 15) is 14.7 Å². The van der Waals surface area contributed by atoms with E-state index in [0.717, 1.165) is 0 Å². The van der Waals surface area contributed by atoms with Crippen molar-refractivity contribution in [1.29, 1.82) is 5.26 Å². The minimum Gasteiger partial charge on any atom is -0.382 e. The van der Waals surface area contributed by atoms with Gasteiger partial charge in [-0.05, 0) is 35.9 Å². The van der Waals surface area contributed by atoms with Crippen molar-refractivity contribution in [2.75, 3.05) is 0 Å². The average molecular weight is 430 g/mol. The van der Waals surface area contributed by atoms with Crippen LogP contribution in [-0.4, -0.2) is 26.7 Å². The van der Waals surface area contributed by atoms with E-state index in [4.69, 9.17) is 28.5 Å². The Morgan fingerprint density at radius 1 is 1.24 bits per heavy atom. The minimum absolute atomic E-state index is 0.195. The van der Waals surface area contributed by atoms with Crippen LogP contribution in [0.4, 0.5) is 0 Å². The molecule has 10 heteroatoms. The summed E-state index contributed by atoms with van der Waals surface area (Å²) in [7, 11) is 0. The number of hydrazone groups is 1. The SMILES string of the molecule is N#CCC(=O)N/N=C(/c1nc2ccc(Cl)cc2[nH]c1=O)C(O)c1ccc(Cl)cc1. The maximum Gasteiger partial charge on any atom is 0.276 e. The molecule has 0 aliphatic carbocycles. The fourth-order valence-electron chi connectivity index (χ4n) is 2.51. The van der Waals surface area contributed by atoms with Crippen molar-refractivity contribution in [3.05, 3.63) is 74.1 Å². The first kappa shape index (κ1) is 20.5. The molecule has 3 N–H and O–H groups in total. The van der Waals surface area contributed by atoms with E-state index in [0.29, 0.717) is 26.6 Å². The summed E-state index contributed by atoms with van der Waals surface area (Å²) in [5.74, 6) is -0.697. The molecule has 3 rings (SSSR count). The van der Waals surface area contributed by atoms with Crippen LogP contribution in [-0.2, 0) is 4.79 Å². The molecule has 8 nitrogen and oxygen atoms in total. The van der Waals surface area contributed by atoms with Crippen molar-refractivity contribution in [1.82, 2.24) is 15.4 Å². The fraction of sp³-hybridized carbons (Fsp3) is 0.105. The van der Waals surface area contributed by atoms with E-state index < -0.39 is 24.0 Å². The number of hydrogen-bond donors (Lipinski definition) is 3. The number of nitrogens with zero attached hydrogens (tertiary/aromatic N) is 3. The van der Waals surface area contributed by atoms with Crippen molar-refractivity contribution in [3.63, 3.8) is 0 Å². The van der Waals surface area contributed by atoms with Crippen LogP contribution in [0, 0.1) is 11.3 Å². The number of benzene rings is 2. The zero-order chi connectivity index (χ0) is 21.0. The Morgan fingerprint density at radius 2 is 1.93 bits per heavy atom. The number of aliphatic hydroxyl groups is 1. The van der Waals surface area contributed by atoms with Gasteiger partial charge < -0.3 is 10.1 Å². The van der Waals surface area contributed by atoms with Crippen molar-refractivity contribution < 1.29 is 9.90 Å². The first-order valence-corrected chi connectivity index (χ1v) is 9.01. The van der Waals surface area contributed by atoms with Crippen LogP contribution in [0.3, 0.4) is 0 Å². The molecule has 1 atom stereocenters. The van der Waals surface area contributed by atoms with Gasteiger partial charge in [0.2, 0.25) is 0 Å². The summed E-state index contributed by atoms with van der Waals surface area (Å²) >= 11 is 11.8. The lowest BCUT2D eigenvalue weighted by atomic mass is 10.0. The van der Waals surface area contributed by atoms with E-state index in [1.165, 1.54) is 6.07 Å². The number of aliphatic hydroxyl groups excluding tert-OH is 1. The molecule has 1 unspecified atom stereocenters. The van der Waals surface area contributed by atoms with Gasteiger partial charge in [-0.1, -0.05) is 35.3 Å². The molecule has 29 heavy (non-hydrogen) atoms. The third-order valence-electron chi connectivity index (χ3n) is 3.88. The number of H-pyrrole nitrogens is 1. The van der Waals surface area contributed by atoms with Gasteiger partial charge in [0.25, 0.3) is 11.5 Å². The lowest BCUT2D eigenvalue weighted by Crippen LogP contribution is -2.29. The Bertz CT molecular complexity index is 1200. The van der Waals surface area contributed by atoms with Crippen LogP contribution in [0.25, 0.3) is 11.0 Å². The van der Waals surface area contributed by atoms with Crippen LogP contribution in [0.1, 0.15) is 23.8 Å². The Hall–Kier alpha value is -3.25. The quantitative estimate of drug-likeness (QED) is 0.423. The number of carbonyl (C=O) groups excluding carboxylic acids is 1. The first-order valence-electron chi connectivity index (χ1n) is 8.26. The number of rotatable bonds is 5. The van der Waals surface area contributed by atoms with E-state index in [1.54, 1.807) is 42.5 Å². The fourth-order valence-corrected chi connectivity index (χ4v) is 2.81. The molecule has 0 bridgehead atoms. The molecule has 0 fully saturated rings. The minimum atomic E-state index is -1.40. The third kappa shape index (κ3) is 4.78. The van der Waals surface area contributed by atoms with Gasteiger partial charge in [-0.15, -0.1) is 0 Å². The largest absolute Gasteiger partial charge is 0.382 e. The molecule has 146 valence electrons. The van der Waals surface area contributed by atoms with Gasteiger partial charge in [-0.2, -0.15) is 10.4 Å². The van der Waals surface area contributed by atoms with Crippen LogP contribution < -0.4 is 11.0 Å². The highest BCUT2D eigenvalue weighted by Crippen LogP contribution is 2.21. The van der Waals surface area contributed by atoms with Gasteiger partial charge in [-0.25, -0.2) is 10.4 Å². The number of nitrogens with one attached hydrogen (secondary N) is 2. The summed E-state index contributed by atoms with van der Waals surface area (Å²) in [6.45, 7) is 0. The maximum absolute atomic E-state index is 12.6. The Balaban J connectivity index is 2.11. The monoisotopic (exact) mass is 429 g/mol. The molecule has 0 saturated carbocycles. The molecular weight excluding hydrogens is 417 g/mol. The normalized spacial score (nSPS) is 12.4. The summed E-state index contributed by atoms with van der Waals surface area (Å²) in [6.07, 6.45) is -1.83. The predicted octanol–water partition coefficient (Wildman–Crippen LogP) is 2.70. The van der Waals surface area contributed by atoms with Crippen LogP contribution in [0.5, 0.6) is 0 Å². The van der Waals surface area contributed by atoms with Gasteiger partial charge in [0, 0.05) is 10.0 Å². The van der Waals surface area contributed by atoms with Gasteiger partial charge in [0.05, 0.1) is 17.1 Å². The van der Waals surface area contributed by atoms with E-state index >= 15 is 0 Å². The number of fused-ring (bicyclic) bond motifs is 1. The van der Waals surface area contributed by atoms with Crippen molar-refractivity contribution in [3.8, 4) is 6.07 Å². The molecule has 3 aromatic rings. The summed E-state index contributed by atoms with van der Waals surface area (Å²) < 4.78 is 0. The van der Waals surface area contributed by atoms with Crippen LogP contribution >= 0.6 is 23.2 Å². The zero-order valence-corrected chi connectivity index (χ0v) is 16.2. The third-order valence-corrected chi connectivity index (χ3v) is 4.37. The number of carbonyl (C=O) groups is 1. The van der Waals surface area contributed by atoms with Crippen molar-refractivity contribution >= 4 is 45.9 Å². The Kier molecular flexibility index (Phi) is 6.24. The van der Waals surface area contributed by atoms with E-state index in [-0.39, 0.29) is 11.4 Å².